The van der Waals surface area contributed by atoms with E-state index in [1.807, 2.05) is 12.1 Å². The Kier molecular flexibility index (Phi) is 5.96. The van der Waals surface area contributed by atoms with Crippen molar-refractivity contribution in [2.75, 3.05) is 13.1 Å². The number of amides is 1. The van der Waals surface area contributed by atoms with Crippen LogP contribution in [0.3, 0.4) is 0 Å². The van der Waals surface area contributed by atoms with Crippen LogP contribution in [0.25, 0.3) is 11.0 Å². The molecule has 1 saturated heterocycles. The van der Waals surface area contributed by atoms with E-state index in [2.05, 4.69) is 15.0 Å². The van der Waals surface area contributed by atoms with Crippen LogP contribution in [-0.2, 0) is 11.2 Å². The molecular formula is C22H26ClN5O4. The molecule has 1 aromatic carbocycles. The molecule has 0 bridgehead atoms. The van der Waals surface area contributed by atoms with Crippen molar-refractivity contribution in [3.05, 3.63) is 61.6 Å². The number of nitrogens with zero attached hydrogens (tertiary/aromatic N) is 3. The van der Waals surface area contributed by atoms with Gasteiger partial charge in [-0.2, -0.15) is 0 Å². The number of nitrogens with one attached hydrogen (secondary N) is 2. The molecule has 0 saturated carbocycles. The van der Waals surface area contributed by atoms with Gasteiger partial charge in [0.05, 0.1) is 22.7 Å². The quantitative estimate of drug-likeness (QED) is 0.537. The largest absolute Gasteiger partial charge is 0.388 e. The van der Waals surface area contributed by atoms with E-state index < -0.39 is 22.9 Å². The summed E-state index contributed by atoms with van der Waals surface area (Å²) in [5.74, 6) is 0.753. The van der Waals surface area contributed by atoms with Gasteiger partial charge in [-0.05, 0) is 44.9 Å². The van der Waals surface area contributed by atoms with Gasteiger partial charge >= 0.3 is 5.69 Å². The summed E-state index contributed by atoms with van der Waals surface area (Å²) < 4.78 is 1.33. The number of rotatable bonds is 5. The normalized spacial score (nSPS) is 21.2. The molecule has 170 valence electrons. The van der Waals surface area contributed by atoms with E-state index in [0.717, 1.165) is 16.9 Å². The fraction of sp³-hybridized carbons (Fsp3) is 0.455. The SMILES string of the molecule is Cc1cn([C@@H]2CN(C(=O)CCCc3nc4ccc(Cl)cc4[nH]3)CC[C@@]2(C)O)c(=O)[nH]c1=O. The van der Waals surface area contributed by atoms with Gasteiger partial charge in [-0.15, -0.1) is 0 Å². The second-order valence-electron chi connectivity index (χ2n) is 8.64. The van der Waals surface area contributed by atoms with Gasteiger partial charge in [0.15, 0.2) is 0 Å². The number of benzene rings is 1. The highest BCUT2D eigenvalue weighted by atomic mass is 35.5. The first-order valence-electron chi connectivity index (χ1n) is 10.6. The molecule has 3 N–H and O–H groups in total. The van der Waals surface area contributed by atoms with Crippen LogP contribution in [0.5, 0.6) is 0 Å². The second kappa shape index (κ2) is 8.55. The van der Waals surface area contributed by atoms with Crippen LogP contribution >= 0.6 is 11.6 Å². The Morgan fingerprint density at radius 3 is 2.91 bits per heavy atom. The molecule has 3 heterocycles. The Morgan fingerprint density at radius 2 is 2.12 bits per heavy atom. The standard InChI is InChI=1S/C22H26ClN5O4/c1-13-11-28(21(31)26-20(13)30)17-12-27(9-8-22(17,2)32)19(29)5-3-4-18-24-15-7-6-14(23)10-16(15)25-18/h6-7,10-11,17,32H,3-5,8-9,12H2,1-2H3,(H,24,25)(H,26,30,31)/t17-,22-/m1/s1. The Balaban J connectivity index is 1.42. The van der Waals surface area contributed by atoms with Gasteiger partial charge in [0.2, 0.25) is 5.91 Å². The number of halogens is 1. The maximum absolute atomic E-state index is 12.9. The highest BCUT2D eigenvalue weighted by Crippen LogP contribution is 2.31. The molecule has 32 heavy (non-hydrogen) atoms. The van der Waals surface area contributed by atoms with E-state index in [0.29, 0.717) is 42.8 Å². The Labute approximate surface area is 189 Å². The summed E-state index contributed by atoms with van der Waals surface area (Å²) >= 11 is 6.01. The zero-order chi connectivity index (χ0) is 23.0. The van der Waals surface area contributed by atoms with E-state index in [-0.39, 0.29) is 12.5 Å². The van der Waals surface area contributed by atoms with Crippen LogP contribution in [0, 0.1) is 6.92 Å². The van der Waals surface area contributed by atoms with Crippen molar-refractivity contribution in [3.8, 4) is 0 Å². The van der Waals surface area contributed by atoms with Crippen molar-refractivity contribution in [3.63, 3.8) is 0 Å². The Hall–Kier alpha value is -2.91. The average molecular weight is 460 g/mol. The molecule has 9 nitrogen and oxygen atoms in total. The molecule has 0 aliphatic carbocycles. The number of H-pyrrole nitrogens is 2. The maximum atomic E-state index is 12.9. The zero-order valence-corrected chi connectivity index (χ0v) is 18.8. The third-order valence-corrected chi connectivity index (χ3v) is 6.37. The third kappa shape index (κ3) is 4.49. The molecule has 2 atom stereocenters. The molecule has 4 rings (SSSR count). The molecule has 2 aromatic heterocycles. The molecule has 10 heteroatoms. The van der Waals surface area contributed by atoms with Crippen LogP contribution in [0.4, 0.5) is 0 Å². The van der Waals surface area contributed by atoms with E-state index >= 15 is 0 Å². The first-order chi connectivity index (χ1) is 15.1. The van der Waals surface area contributed by atoms with E-state index in [9.17, 15) is 19.5 Å². The van der Waals surface area contributed by atoms with Crippen molar-refractivity contribution in [2.45, 2.75) is 51.2 Å². The molecule has 1 aliphatic heterocycles. The molecule has 1 amide bonds. The van der Waals surface area contributed by atoms with Gasteiger partial charge < -0.3 is 15.0 Å². The summed E-state index contributed by atoms with van der Waals surface area (Å²) in [5.41, 5.74) is -0.162. The number of fused-ring (bicyclic) bond motifs is 1. The number of likely N-dealkylation sites (tertiary alicyclic amines) is 1. The number of aliphatic hydroxyl groups is 1. The topological polar surface area (TPSA) is 124 Å². The van der Waals surface area contributed by atoms with Crippen molar-refractivity contribution < 1.29 is 9.90 Å². The maximum Gasteiger partial charge on any atom is 0.328 e. The Bertz CT molecular complexity index is 1280. The first-order valence-corrected chi connectivity index (χ1v) is 11.0. The number of hydrogen-bond donors (Lipinski definition) is 3. The van der Waals surface area contributed by atoms with Gasteiger partial charge in [0.1, 0.15) is 5.82 Å². The minimum atomic E-state index is -1.18. The second-order valence-corrected chi connectivity index (χ2v) is 9.08. The summed E-state index contributed by atoms with van der Waals surface area (Å²) in [6.45, 7) is 3.85. The number of piperidine rings is 1. The lowest BCUT2D eigenvalue weighted by Gasteiger charge is -2.43. The van der Waals surface area contributed by atoms with Crippen molar-refractivity contribution in [1.82, 2.24) is 24.4 Å². The first kappa shape index (κ1) is 22.3. The number of carbonyl (C=O) groups is 1. The summed E-state index contributed by atoms with van der Waals surface area (Å²) in [6.07, 6.45) is 3.33. The van der Waals surface area contributed by atoms with Crippen LogP contribution in [0.2, 0.25) is 5.02 Å². The highest BCUT2D eigenvalue weighted by molar-refractivity contribution is 6.31. The number of hydrogen-bond acceptors (Lipinski definition) is 5. The van der Waals surface area contributed by atoms with Gasteiger partial charge in [0, 0.05) is 42.7 Å². The summed E-state index contributed by atoms with van der Waals surface area (Å²) in [6, 6.07) is 4.81. The van der Waals surface area contributed by atoms with Gasteiger partial charge in [0.25, 0.3) is 5.56 Å². The molecule has 1 aliphatic rings. The molecule has 0 unspecified atom stereocenters. The third-order valence-electron chi connectivity index (χ3n) is 6.13. The fourth-order valence-corrected chi connectivity index (χ4v) is 4.35. The van der Waals surface area contributed by atoms with Crippen molar-refractivity contribution >= 4 is 28.5 Å². The van der Waals surface area contributed by atoms with Gasteiger partial charge in [-0.3, -0.25) is 19.1 Å². The molecule has 1 fully saturated rings. The molecule has 3 aromatic rings. The number of aromatic amines is 2. The predicted molar refractivity (Wildman–Crippen MR) is 121 cm³/mol. The molecular weight excluding hydrogens is 434 g/mol. The minimum Gasteiger partial charge on any atom is -0.388 e. The average Bonchev–Trinajstić information content (AvgIpc) is 3.12. The smallest absolute Gasteiger partial charge is 0.328 e. The highest BCUT2D eigenvalue weighted by Gasteiger charge is 2.40. The number of carbonyl (C=O) groups excluding carboxylic acids is 1. The van der Waals surface area contributed by atoms with E-state index in [1.165, 1.54) is 10.8 Å². The summed E-state index contributed by atoms with van der Waals surface area (Å²) in [4.78, 5) is 48.6. The number of aryl methyl sites for hydroxylation is 2. The Morgan fingerprint density at radius 1 is 1.34 bits per heavy atom. The van der Waals surface area contributed by atoms with Crippen LogP contribution in [0.15, 0.2) is 34.0 Å². The van der Waals surface area contributed by atoms with Gasteiger partial charge in [-0.1, -0.05) is 11.6 Å². The van der Waals surface area contributed by atoms with E-state index in [1.54, 1.807) is 24.8 Å². The molecule has 0 radical (unpaired) electrons. The lowest BCUT2D eigenvalue weighted by atomic mass is 9.88. The van der Waals surface area contributed by atoms with Crippen LogP contribution in [0.1, 0.15) is 43.6 Å². The fourth-order valence-electron chi connectivity index (χ4n) is 4.17. The van der Waals surface area contributed by atoms with Gasteiger partial charge in [-0.25, -0.2) is 9.78 Å². The number of imidazole rings is 1. The van der Waals surface area contributed by atoms with Crippen LogP contribution in [-0.4, -0.2) is 54.1 Å². The lowest BCUT2D eigenvalue weighted by Crippen LogP contribution is -2.55. The monoisotopic (exact) mass is 459 g/mol. The lowest BCUT2D eigenvalue weighted by molar-refractivity contribution is -0.138. The van der Waals surface area contributed by atoms with Crippen molar-refractivity contribution in [2.24, 2.45) is 0 Å². The summed E-state index contributed by atoms with van der Waals surface area (Å²) in [7, 11) is 0. The van der Waals surface area contributed by atoms with Crippen LogP contribution < -0.4 is 11.2 Å². The van der Waals surface area contributed by atoms with Crippen molar-refractivity contribution in [1.29, 1.82) is 0 Å². The zero-order valence-electron chi connectivity index (χ0n) is 18.0. The molecule has 0 spiro atoms. The predicted octanol–water partition coefficient (Wildman–Crippen LogP) is 1.92. The summed E-state index contributed by atoms with van der Waals surface area (Å²) in [5, 5.41) is 11.5. The van der Waals surface area contributed by atoms with E-state index in [4.69, 9.17) is 11.6 Å². The number of aromatic nitrogens is 4. The minimum absolute atomic E-state index is 0.0427.